The summed E-state index contributed by atoms with van der Waals surface area (Å²) in [5.41, 5.74) is 4.41. The summed E-state index contributed by atoms with van der Waals surface area (Å²) in [5, 5.41) is 15.3. The van der Waals surface area contributed by atoms with E-state index in [1.54, 1.807) is 23.0 Å². The zero-order valence-electron chi connectivity index (χ0n) is 34.7. The Morgan fingerprint density at radius 1 is 1.03 bits per heavy atom. The Labute approximate surface area is 353 Å². The first-order valence-corrected chi connectivity index (χ1v) is 21.1. The van der Waals surface area contributed by atoms with Gasteiger partial charge in [-0.15, -0.1) is 0 Å². The van der Waals surface area contributed by atoms with E-state index in [4.69, 9.17) is 26.4 Å². The largest absolute Gasteiger partial charge is 0.478 e. The number of halogens is 1. The third-order valence-corrected chi connectivity index (χ3v) is 12.3. The zero-order chi connectivity index (χ0) is 42.2. The van der Waals surface area contributed by atoms with Crippen molar-refractivity contribution in [3.8, 4) is 5.75 Å². The lowest BCUT2D eigenvalue weighted by Gasteiger charge is -2.43. The van der Waals surface area contributed by atoms with Crippen molar-refractivity contribution in [2.45, 2.75) is 64.5 Å². The van der Waals surface area contributed by atoms with E-state index in [-0.39, 0.29) is 47.7 Å². The first-order chi connectivity index (χ1) is 28.9. The number of fused-ring (bicyclic) bond motifs is 2. The Balaban J connectivity index is 0.891. The molecule has 16 nitrogen and oxygen atoms in total. The minimum atomic E-state index is -0.433. The molecule has 2 atom stereocenters. The minimum Gasteiger partial charge on any atom is -0.478 e. The van der Waals surface area contributed by atoms with Crippen LogP contribution in [0.15, 0.2) is 53.6 Å². The van der Waals surface area contributed by atoms with E-state index in [2.05, 4.69) is 48.6 Å². The molecule has 0 bridgehead atoms. The average Bonchev–Trinajstić information content (AvgIpc) is 3.57. The number of amides is 3. The summed E-state index contributed by atoms with van der Waals surface area (Å²) in [7, 11) is 3.45. The number of imide groups is 1. The van der Waals surface area contributed by atoms with Crippen molar-refractivity contribution in [1.29, 1.82) is 0 Å². The van der Waals surface area contributed by atoms with Gasteiger partial charge < -0.3 is 25.2 Å². The van der Waals surface area contributed by atoms with E-state index in [0.29, 0.717) is 46.2 Å². The fourth-order valence-electron chi connectivity index (χ4n) is 8.97. The van der Waals surface area contributed by atoms with Crippen molar-refractivity contribution in [3.63, 3.8) is 0 Å². The van der Waals surface area contributed by atoms with Gasteiger partial charge in [-0.05, 0) is 64.2 Å². The monoisotopic (exact) mass is 837 g/mol. The molecule has 4 aromatic heterocycles. The highest BCUT2D eigenvalue weighted by molar-refractivity contribution is 6.33. The lowest BCUT2D eigenvalue weighted by molar-refractivity contribution is -0.134. The summed E-state index contributed by atoms with van der Waals surface area (Å²) in [6.45, 7) is 11.4. The van der Waals surface area contributed by atoms with Gasteiger partial charge >= 0.3 is 0 Å². The molecule has 8 rings (SSSR count). The summed E-state index contributed by atoms with van der Waals surface area (Å²) in [4.78, 5) is 66.3. The van der Waals surface area contributed by atoms with Crippen LogP contribution in [0.3, 0.4) is 0 Å². The Morgan fingerprint density at radius 3 is 2.57 bits per heavy atom. The number of nitrogens with zero attached hydrogens (tertiary/aromatic N) is 8. The van der Waals surface area contributed by atoms with Crippen molar-refractivity contribution < 1.29 is 19.1 Å². The van der Waals surface area contributed by atoms with E-state index in [1.165, 1.54) is 7.05 Å². The molecule has 5 aromatic rings. The number of pyridine rings is 3. The highest BCUT2D eigenvalue weighted by Gasteiger charge is 2.34. The number of carbonyl (C=O) groups is 3. The summed E-state index contributed by atoms with van der Waals surface area (Å²) < 4.78 is 9.06. The molecule has 2 unspecified atom stereocenters. The highest BCUT2D eigenvalue weighted by Crippen LogP contribution is 2.37. The lowest BCUT2D eigenvalue weighted by atomic mass is 9.92. The van der Waals surface area contributed by atoms with Crippen molar-refractivity contribution in [3.05, 3.63) is 69.9 Å². The molecule has 3 aliphatic rings. The van der Waals surface area contributed by atoms with Gasteiger partial charge in [0.1, 0.15) is 11.5 Å². The molecule has 1 aromatic carbocycles. The predicted octanol–water partition coefficient (Wildman–Crippen LogP) is 4.73. The molecule has 3 amide bonds. The van der Waals surface area contributed by atoms with Crippen LogP contribution >= 0.6 is 11.6 Å². The second-order valence-corrected chi connectivity index (χ2v) is 16.8. The number of piperidine rings is 2. The fourth-order valence-corrected chi connectivity index (χ4v) is 9.12. The summed E-state index contributed by atoms with van der Waals surface area (Å²) in [6, 6.07) is 11.8. The summed E-state index contributed by atoms with van der Waals surface area (Å²) >= 11 is 6.67. The number of rotatable bonds is 11. The van der Waals surface area contributed by atoms with E-state index >= 15 is 0 Å². The molecule has 316 valence electrons. The Kier molecular flexibility index (Phi) is 11.7. The molecular weight excluding hydrogens is 786 g/mol. The van der Waals surface area contributed by atoms with E-state index < -0.39 is 5.92 Å². The van der Waals surface area contributed by atoms with Crippen molar-refractivity contribution in [2.75, 3.05) is 68.0 Å². The smallest absolute Gasteiger partial charge is 0.294 e. The van der Waals surface area contributed by atoms with E-state index in [0.717, 1.165) is 80.2 Å². The second kappa shape index (κ2) is 17.1. The summed E-state index contributed by atoms with van der Waals surface area (Å²) in [5.74, 6) is 0.230. The van der Waals surface area contributed by atoms with Crippen LogP contribution in [0.4, 0.5) is 22.9 Å². The van der Waals surface area contributed by atoms with Gasteiger partial charge in [0.05, 0.1) is 51.6 Å². The van der Waals surface area contributed by atoms with Gasteiger partial charge in [-0.25, -0.2) is 9.97 Å². The van der Waals surface area contributed by atoms with Crippen LogP contribution in [0, 0.1) is 5.92 Å². The Hall–Kier alpha value is -5.74. The SMILES string of the molecule is CNC(=O)COc1cc2cc(Nc3cc(N4CCC(CN5CCN(c6cccc7c(C8CCC(=O)NC8=O)nn(C)c67)C(C)C5)CC4)ncc3Cl)cnc2n(C(C)C)c1=O. The number of aromatic nitrogens is 5. The number of likely N-dealkylation sites (N-methyl/N-ethyl adjacent to an activating group) is 1. The number of carbonyl (C=O) groups excluding carboxylic acids is 3. The van der Waals surface area contributed by atoms with Crippen LogP contribution < -0.4 is 36.0 Å². The zero-order valence-corrected chi connectivity index (χ0v) is 35.5. The van der Waals surface area contributed by atoms with Gasteiger partial charge in [0.2, 0.25) is 11.8 Å². The van der Waals surface area contributed by atoms with Crippen LogP contribution in [0.2, 0.25) is 5.02 Å². The van der Waals surface area contributed by atoms with Crippen LogP contribution in [0.25, 0.3) is 21.9 Å². The first kappa shape index (κ1) is 41.0. The second-order valence-electron chi connectivity index (χ2n) is 16.4. The van der Waals surface area contributed by atoms with E-state index in [9.17, 15) is 19.2 Å². The quantitative estimate of drug-likeness (QED) is 0.157. The molecule has 17 heteroatoms. The van der Waals surface area contributed by atoms with Gasteiger partial charge in [0, 0.05) is 88.7 Å². The number of anilines is 4. The molecule has 0 radical (unpaired) electrons. The number of aryl methyl sites for hydroxylation is 1. The molecule has 3 aliphatic heterocycles. The lowest BCUT2D eigenvalue weighted by Crippen LogP contribution is -2.53. The summed E-state index contributed by atoms with van der Waals surface area (Å²) in [6.07, 6.45) is 6.24. The van der Waals surface area contributed by atoms with Crippen LogP contribution in [0.5, 0.6) is 5.75 Å². The maximum absolute atomic E-state index is 13.2. The number of hydrogen-bond acceptors (Lipinski definition) is 12. The maximum Gasteiger partial charge on any atom is 0.294 e. The topological polar surface area (TPSA) is 172 Å². The number of ether oxygens (including phenoxy) is 1. The van der Waals surface area contributed by atoms with Crippen LogP contribution in [0.1, 0.15) is 64.1 Å². The third kappa shape index (κ3) is 8.22. The third-order valence-electron chi connectivity index (χ3n) is 12.0. The molecule has 3 saturated heterocycles. The highest BCUT2D eigenvalue weighted by atomic mass is 35.5. The van der Waals surface area contributed by atoms with Gasteiger partial charge in [0.15, 0.2) is 12.4 Å². The van der Waals surface area contributed by atoms with Crippen molar-refractivity contribution in [2.24, 2.45) is 13.0 Å². The van der Waals surface area contributed by atoms with Gasteiger partial charge in [-0.2, -0.15) is 5.10 Å². The molecular formula is C43H52ClN11O5. The normalized spacial score (nSPS) is 19.3. The number of benzene rings is 1. The molecule has 3 N–H and O–H groups in total. The Bertz CT molecular complexity index is 2510. The predicted molar refractivity (Wildman–Crippen MR) is 233 cm³/mol. The molecule has 0 spiro atoms. The standard InChI is InChI=1S/C43H52ClN11O5/c1-25(2)55-41-28(18-35(43(55)59)60-24-38(57)45-4)17-29(20-47-41)48-33-19-36(46-21-32(33)44)53-13-11-27(12-14-53)23-52-15-16-54(26(3)22-52)34-8-6-7-30-39(50-51(5)40(30)34)31-9-10-37(56)49-42(31)58/h6-8,17-21,25-27,31H,9-16,22-24H2,1-5H3,(H,45,57)(H,46,48)(H,49,56,58). The van der Waals surface area contributed by atoms with Crippen LogP contribution in [-0.4, -0.2) is 106 Å². The van der Waals surface area contributed by atoms with Crippen molar-refractivity contribution in [1.82, 2.24) is 39.8 Å². The molecule has 3 fully saturated rings. The molecule has 0 saturated carbocycles. The molecule has 7 heterocycles. The van der Waals surface area contributed by atoms with E-state index in [1.807, 2.05) is 49.8 Å². The fraction of sp³-hybridized carbons (Fsp3) is 0.465. The van der Waals surface area contributed by atoms with Gasteiger partial charge in [0.25, 0.3) is 11.5 Å². The number of hydrogen-bond donors (Lipinski definition) is 3. The average molecular weight is 838 g/mol. The first-order valence-electron chi connectivity index (χ1n) is 20.7. The minimum absolute atomic E-state index is 0.0743. The van der Waals surface area contributed by atoms with Gasteiger partial charge in [-0.3, -0.25) is 38.6 Å². The molecule has 0 aliphatic carbocycles. The Morgan fingerprint density at radius 2 is 1.83 bits per heavy atom. The maximum atomic E-state index is 13.2. The van der Waals surface area contributed by atoms with Crippen LogP contribution in [-0.2, 0) is 21.4 Å². The van der Waals surface area contributed by atoms with Crippen molar-refractivity contribution >= 4 is 74.1 Å². The van der Waals surface area contributed by atoms with Gasteiger partial charge in [-0.1, -0.05) is 23.7 Å². The molecule has 60 heavy (non-hydrogen) atoms. The number of piperazine rings is 1. The number of para-hydroxylation sites is 1. The number of nitrogens with one attached hydrogen (secondary N) is 3.